The Labute approximate surface area is 107 Å². The van der Waals surface area contributed by atoms with Crippen LogP contribution in [0.25, 0.3) is 0 Å². The zero-order valence-electron chi connectivity index (χ0n) is 10.6. The van der Waals surface area contributed by atoms with Crippen LogP contribution in [-0.4, -0.2) is 0 Å². The van der Waals surface area contributed by atoms with E-state index in [0.29, 0.717) is 5.56 Å². The molecule has 0 bridgehead atoms. The monoisotopic (exact) mass is 244 g/mol. The van der Waals surface area contributed by atoms with Crippen LogP contribution in [0.3, 0.4) is 0 Å². The van der Waals surface area contributed by atoms with Crippen molar-refractivity contribution in [2.24, 2.45) is 5.84 Å². The highest BCUT2D eigenvalue weighted by atomic mass is 19.1. The SMILES string of the molecule is Cc1cccc(C)c1C(NN)c1ccccc1F. The second-order valence-corrected chi connectivity index (χ2v) is 4.43. The minimum Gasteiger partial charge on any atom is -0.271 e. The van der Waals surface area contributed by atoms with Gasteiger partial charge in [-0.2, -0.15) is 0 Å². The van der Waals surface area contributed by atoms with E-state index in [1.807, 2.05) is 38.1 Å². The van der Waals surface area contributed by atoms with Crippen molar-refractivity contribution in [3.05, 3.63) is 70.5 Å². The first-order chi connectivity index (χ1) is 8.65. The summed E-state index contributed by atoms with van der Waals surface area (Å²) in [4.78, 5) is 0. The zero-order valence-corrected chi connectivity index (χ0v) is 10.6. The van der Waals surface area contributed by atoms with Gasteiger partial charge in [0.15, 0.2) is 0 Å². The standard InChI is InChI=1S/C15H17FN2/c1-10-6-5-7-11(2)14(10)15(18-17)12-8-3-4-9-13(12)16/h3-9,15,18H,17H2,1-2H3. The van der Waals surface area contributed by atoms with Crippen molar-refractivity contribution >= 4 is 0 Å². The van der Waals surface area contributed by atoms with Crippen LogP contribution < -0.4 is 11.3 Å². The molecule has 0 fully saturated rings. The number of hydrogen-bond donors (Lipinski definition) is 2. The molecule has 94 valence electrons. The summed E-state index contributed by atoms with van der Waals surface area (Å²) in [7, 11) is 0. The third kappa shape index (κ3) is 2.28. The van der Waals surface area contributed by atoms with Gasteiger partial charge in [-0.05, 0) is 36.6 Å². The van der Waals surface area contributed by atoms with Crippen LogP contribution in [0.2, 0.25) is 0 Å². The molecule has 0 aliphatic carbocycles. The number of nitrogens with two attached hydrogens (primary N) is 1. The molecule has 0 saturated heterocycles. The molecule has 3 N–H and O–H groups in total. The summed E-state index contributed by atoms with van der Waals surface area (Å²) >= 11 is 0. The van der Waals surface area contributed by atoms with E-state index >= 15 is 0 Å². The Hall–Kier alpha value is -1.71. The quantitative estimate of drug-likeness (QED) is 0.643. The predicted octanol–water partition coefficient (Wildman–Crippen LogP) is 3.00. The fraction of sp³-hybridized carbons (Fsp3) is 0.200. The highest BCUT2D eigenvalue weighted by Gasteiger charge is 2.19. The molecule has 2 aromatic carbocycles. The van der Waals surface area contributed by atoms with Gasteiger partial charge in [0, 0.05) is 5.56 Å². The van der Waals surface area contributed by atoms with Crippen LogP contribution in [0.1, 0.15) is 28.3 Å². The number of nitrogens with one attached hydrogen (secondary N) is 1. The predicted molar refractivity (Wildman–Crippen MR) is 71.5 cm³/mol. The fourth-order valence-corrected chi connectivity index (χ4v) is 2.32. The molecule has 3 heteroatoms. The Bertz CT molecular complexity index is 532. The molecule has 0 spiro atoms. The molecule has 18 heavy (non-hydrogen) atoms. The average Bonchev–Trinajstić information content (AvgIpc) is 2.35. The molecule has 2 nitrogen and oxygen atoms in total. The Morgan fingerprint density at radius 2 is 1.61 bits per heavy atom. The zero-order chi connectivity index (χ0) is 13.1. The Kier molecular flexibility index (Phi) is 3.75. The maximum Gasteiger partial charge on any atom is 0.128 e. The molecule has 0 aromatic heterocycles. The highest BCUT2D eigenvalue weighted by Crippen LogP contribution is 2.28. The van der Waals surface area contributed by atoms with Crippen LogP contribution in [0.4, 0.5) is 4.39 Å². The molecule has 0 amide bonds. The molecule has 1 atom stereocenters. The summed E-state index contributed by atoms with van der Waals surface area (Å²) in [5, 5.41) is 0. The second-order valence-electron chi connectivity index (χ2n) is 4.43. The van der Waals surface area contributed by atoms with E-state index in [0.717, 1.165) is 16.7 Å². The number of hydrogen-bond acceptors (Lipinski definition) is 2. The lowest BCUT2D eigenvalue weighted by Gasteiger charge is -2.21. The van der Waals surface area contributed by atoms with Crippen molar-refractivity contribution < 1.29 is 4.39 Å². The van der Waals surface area contributed by atoms with Crippen LogP contribution in [0, 0.1) is 19.7 Å². The largest absolute Gasteiger partial charge is 0.271 e. The molecule has 0 radical (unpaired) electrons. The molecule has 0 aliphatic heterocycles. The minimum atomic E-state index is -0.326. The first-order valence-corrected chi connectivity index (χ1v) is 5.92. The normalized spacial score (nSPS) is 12.4. The summed E-state index contributed by atoms with van der Waals surface area (Å²) in [5.74, 6) is 5.38. The molecule has 0 saturated carbocycles. The van der Waals surface area contributed by atoms with Gasteiger partial charge in [-0.15, -0.1) is 0 Å². The van der Waals surface area contributed by atoms with Crippen LogP contribution >= 0.6 is 0 Å². The molecule has 2 rings (SSSR count). The molecular weight excluding hydrogens is 227 g/mol. The van der Waals surface area contributed by atoms with E-state index in [-0.39, 0.29) is 11.9 Å². The van der Waals surface area contributed by atoms with Crippen LogP contribution in [0.5, 0.6) is 0 Å². The van der Waals surface area contributed by atoms with E-state index in [2.05, 4.69) is 5.43 Å². The fourth-order valence-electron chi connectivity index (χ4n) is 2.32. The number of aryl methyl sites for hydroxylation is 2. The van der Waals surface area contributed by atoms with Gasteiger partial charge in [-0.3, -0.25) is 5.84 Å². The molecular formula is C15H17FN2. The summed E-state index contributed by atoms with van der Waals surface area (Å²) < 4.78 is 13.9. The van der Waals surface area contributed by atoms with Crippen molar-refractivity contribution in [2.45, 2.75) is 19.9 Å². The third-order valence-corrected chi connectivity index (χ3v) is 3.21. The number of rotatable bonds is 3. The topological polar surface area (TPSA) is 38.0 Å². The second kappa shape index (κ2) is 5.29. The Morgan fingerprint density at radius 1 is 1.00 bits per heavy atom. The number of hydrazine groups is 1. The summed E-state index contributed by atoms with van der Waals surface area (Å²) in [6.45, 7) is 4.01. The van der Waals surface area contributed by atoms with E-state index in [1.54, 1.807) is 12.1 Å². The molecule has 0 aliphatic rings. The van der Waals surface area contributed by atoms with Crippen molar-refractivity contribution in [2.75, 3.05) is 0 Å². The molecule has 1 unspecified atom stereocenters. The third-order valence-electron chi connectivity index (χ3n) is 3.21. The highest BCUT2D eigenvalue weighted by molar-refractivity contribution is 5.42. The van der Waals surface area contributed by atoms with Gasteiger partial charge in [0.2, 0.25) is 0 Å². The molecule has 0 heterocycles. The van der Waals surface area contributed by atoms with Gasteiger partial charge in [0.25, 0.3) is 0 Å². The van der Waals surface area contributed by atoms with Gasteiger partial charge in [0.05, 0.1) is 6.04 Å². The average molecular weight is 244 g/mol. The van der Waals surface area contributed by atoms with Crippen molar-refractivity contribution in [3.63, 3.8) is 0 Å². The Balaban J connectivity index is 2.56. The first kappa shape index (κ1) is 12.7. The lowest BCUT2D eigenvalue weighted by molar-refractivity contribution is 0.557. The summed E-state index contributed by atoms with van der Waals surface area (Å²) in [6, 6.07) is 12.4. The van der Waals surface area contributed by atoms with E-state index in [4.69, 9.17) is 5.84 Å². The maximum atomic E-state index is 13.9. The van der Waals surface area contributed by atoms with Crippen LogP contribution in [0.15, 0.2) is 42.5 Å². The first-order valence-electron chi connectivity index (χ1n) is 5.92. The van der Waals surface area contributed by atoms with Gasteiger partial charge in [-0.25, -0.2) is 9.82 Å². The minimum absolute atomic E-state index is 0.247. The number of benzene rings is 2. The van der Waals surface area contributed by atoms with Crippen molar-refractivity contribution in [1.29, 1.82) is 0 Å². The van der Waals surface area contributed by atoms with E-state index < -0.39 is 0 Å². The van der Waals surface area contributed by atoms with Gasteiger partial charge in [-0.1, -0.05) is 36.4 Å². The smallest absolute Gasteiger partial charge is 0.128 e. The van der Waals surface area contributed by atoms with Crippen LogP contribution in [-0.2, 0) is 0 Å². The van der Waals surface area contributed by atoms with Gasteiger partial charge in [0.1, 0.15) is 5.82 Å². The van der Waals surface area contributed by atoms with Crippen molar-refractivity contribution in [3.8, 4) is 0 Å². The number of halogens is 1. The lowest BCUT2D eigenvalue weighted by Crippen LogP contribution is -2.30. The van der Waals surface area contributed by atoms with Crippen molar-refractivity contribution in [1.82, 2.24) is 5.43 Å². The van der Waals surface area contributed by atoms with Gasteiger partial charge >= 0.3 is 0 Å². The van der Waals surface area contributed by atoms with E-state index in [1.165, 1.54) is 6.07 Å². The summed E-state index contributed by atoms with van der Waals surface area (Å²) in [5.41, 5.74) is 6.51. The van der Waals surface area contributed by atoms with Gasteiger partial charge < -0.3 is 0 Å². The lowest BCUT2D eigenvalue weighted by atomic mass is 9.91. The molecule has 2 aromatic rings. The summed E-state index contributed by atoms with van der Waals surface area (Å²) in [6.07, 6.45) is 0. The maximum absolute atomic E-state index is 13.9. The Morgan fingerprint density at radius 3 is 2.17 bits per heavy atom. The van der Waals surface area contributed by atoms with E-state index in [9.17, 15) is 4.39 Å².